The molecule has 0 unspecified atom stereocenters. The second-order valence-electron chi connectivity index (χ2n) is 5.11. The molecule has 0 bridgehead atoms. The zero-order valence-corrected chi connectivity index (χ0v) is 13.3. The Balaban J connectivity index is 1.73. The number of nitrogens with one attached hydrogen (secondary N) is 1. The second kappa shape index (κ2) is 7.89. The van der Waals surface area contributed by atoms with E-state index < -0.39 is 0 Å². The lowest BCUT2D eigenvalue weighted by Gasteiger charge is -2.14. The van der Waals surface area contributed by atoms with Crippen molar-refractivity contribution in [2.45, 2.75) is 31.2 Å². The molecule has 0 aliphatic rings. The quantitative estimate of drug-likeness (QED) is 0.803. The van der Waals surface area contributed by atoms with E-state index in [0.717, 1.165) is 11.3 Å². The zero-order valence-electron chi connectivity index (χ0n) is 12.5. The van der Waals surface area contributed by atoms with E-state index >= 15 is 0 Å². The van der Waals surface area contributed by atoms with Crippen LogP contribution >= 0.6 is 11.8 Å². The molecule has 0 heterocycles. The van der Waals surface area contributed by atoms with Gasteiger partial charge in [0.2, 0.25) is 5.91 Å². The summed E-state index contributed by atoms with van der Waals surface area (Å²) in [5, 5.41) is 3.04. The minimum absolute atomic E-state index is 0.0584. The molecule has 0 fully saturated rings. The first-order chi connectivity index (χ1) is 10.1. The van der Waals surface area contributed by atoms with E-state index in [4.69, 9.17) is 0 Å². The number of amides is 1. The fourth-order valence-corrected chi connectivity index (χ4v) is 2.89. The highest BCUT2D eigenvalue weighted by Crippen LogP contribution is 2.19. The number of hydrogen-bond donors (Lipinski definition) is 1. The first-order valence-electron chi connectivity index (χ1n) is 7.19. The Morgan fingerprint density at radius 3 is 2.43 bits per heavy atom. The van der Waals surface area contributed by atoms with Crippen LogP contribution in [0.25, 0.3) is 0 Å². The van der Waals surface area contributed by atoms with Gasteiger partial charge in [-0.3, -0.25) is 4.79 Å². The Bertz CT molecular complexity index is 566. The monoisotopic (exact) mass is 299 g/mol. The molecule has 2 rings (SSSR count). The Morgan fingerprint density at radius 1 is 1.10 bits per heavy atom. The molecule has 0 aliphatic carbocycles. The molecule has 1 atom stereocenters. The average molecular weight is 299 g/mol. The second-order valence-corrected chi connectivity index (χ2v) is 6.28. The number of thioether (sulfide) groups is 1. The van der Waals surface area contributed by atoms with Gasteiger partial charge < -0.3 is 5.32 Å². The predicted octanol–water partition coefficient (Wildman–Crippen LogP) is 4.35. The van der Waals surface area contributed by atoms with Crippen LogP contribution in [0.1, 0.15) is 30.5 Å². The van der Waals surface area contributed by atoms with Crippen molar-refractivity contribution in [1.29, 1.82) is 0 Å². The van der Waals surface area contributed by atoms with Crippen molar-refractivity contribution in [2.75, 3.05) is 5.75 Å². The van der Waals surface area contributed by atoms with Crippen molar-refractivity contribution in [3.8, 4) is 0 Å². The summed E-state index contributed by atoms with van der Waals surface area (Å²) in [6.45, 7) is 4.09. The first kappa shape index (κ1) is 15.6. The van der Waals surface area contributed by atoms with Crippen molar-refractivity contribution in [3.05, 3.63) is 65.7 Å². The summed E-state index contributed by atoms with van der Waals surface area (Å²) in [7, 11) is 0. The predicted molar refractivity (Wildman–Crippen MR) is 89.5 cm³/mol. The van der Waals surface area contributed by atoms with Crippen LogP contribution in [0.4, 0.5) is 0 Å². The number of carbonyl (C=O) groups is 1. The largest absolute Gasteiger partial charge is 0.350 e. The molecule has 1 N–H and O–H groups in total. The van der Waals surface area contributed by atoms with Crippen LogP contribution in [0, 0.1) is 6.92 Å². The van der Waals surface area contributed by atoms with Crippen LogP contribution in [0.15, 0.2) is 59.5 Å². The third-order valence-electron chi connectivity index (χ3n) is 3.30. The third kappa shape index (κ3) is 5.27. The first-order valence-corrected chi connectivity index (χ1v) is 8.17. The maximum absolute atomic E-state index is 11.9. The van der Waals surface area contributed by atoms with E-state index in [1.165, 1.54) is 10.5 Å². The van der Waals surface area contributed by atoms with Crippen LogP contribution in [-0.4, -0.2) is 11.7 Å². The minimum atomic E-state index is 0.0584. The lowest BCUT2D eigenvalue weighted by molar-refractivity contribution is -0.121. The number of hydrogen-bond acceptors (Lipinski definition) is 2. The maximum atomic E-state index is 11.9. The summed E-state index contributed by atoms with van der Waals surface area (Å²) in [5.74, 6) is 0.905. The van der Waals surface area contributed by atoms with Gasteiger partial charge in [-0.05, 0) is 31.5 Å². The van der Waals surface area contributed by atoms with Crippen molar-refractivity contribution < 1.29 is 4.79 Å². The lowest BCUT2D eigenvalue weighted by Crippen LogP contribution is -2.26. The van der Waals surface area contributed by atoms with Crippen molar-refractivity contribution in [1.82, 2.24) is 5.32 Å². The molecule has 2 aromatic carbocycles. The lowest BCUT2D eigenvalue weighted by atomic mass is 10.1. The summed E-state index contributed by atoms with van der Waals surface area (Å²) in [4.78, 5) is 13.2. The number of benzene rings is 2. The third-order valence-corrected chi connectivity index (χ3v) is 4.31. The molecule has 0 radical (unpaired) electrons. The van der Waals surface area contributed by atoms with E-state index in [1.807, 2.05) is 37.3 Å². The van der Waals surface area contributed by atoms with Gasteiger partial charge in [0, 0.05) is 17.1 Å². The van der Waals surface area contributed by atoms with Crippen molar-refractivity contribution in [3.63, 3.8) is 0 Å². The van der Waals surface area contributed by atoms with Crippen LogP contribution in [-0.2, 0) is 4.79 Å². The van der Waals surface area contributed by atoms with Gasteiger partial charge in [-0.2, -0.15) is 0 Å². The molecule has 0 aliphatic heterocycles. The topological polar surface area (TPSA) is 29.1 Å². The summed E-state index contributed by atoms with van der Waals surface area (Å²) in [6.07, 6.45) is 0.537. The highest BCUT2D eigenvalue weighted by Gasteiger charge is 2.08. The Labute approximate surface area is 131 Å². The molecule has 21 heavy (non-hydrogen) atoms. The van der Waals surface area contributed by atoms with E-state index in [9.17, 15) is 4.79 Å². The van der Waals surface area contributed by atoms with Crippen molar-refractivity contribution in [2.24, 2.45) is 0 Å². The zero-order chi connectivity index (χ0) is 15.1. The van der Waals surface area contributed by atoms with E-state index in [-0.39, 0.29) is 11.9 Å². The maximum Gasteiger partial charge on any atom is 0.221 e. The smallest absolute Gasteiger partial charge is 0.221 e. The number of aryl methyl sites for hydroxylation is 1. The van der Waals surface area contributed by atoms with Crippen molar-refractivity contribution >= 4 is 17.7 Å². The summed E-state index contributed by atoms with van der Waals surface area (Å²) >= 11 is 1.72. The molecule has 3 heteroatoms. The van der Waals surface area contributed by atoms with E-state index in [1.54, 1.807) is 11.8 Å². The summed E-state index contributed by atoms with van der Waals surface area (Å²) < 4.78 is 0. The van der Waals surface area contributed by atoms with Gasteiger partial charge in [0.1, 0.15) is 0 Å². The molecule has 2 nitrogen and oxygen atoms in total. The standard InChI is InChI=1S/C18H21NOS/c1-14-8-10-17(11-9-14)21-13-12-18(20)19-15(2)16-6-4-3-5-7-16/h3-11,15H,12-13H2,1-2H3,(H,19,20)/t15-/m0/s1. The Kier molecular flexibility index (Phi) is 5.88. The Hall–Kier alpha value is -1.74. The molecule has 1 amide bonds. The van der Waals surface area contributed by atoms with Gasteiger partial charge in [0.25, 0.3) is 0 Å². The highest BCUT2D eigenvalue weighted by atomic mass is 32.2. The molecule has 0 spiro atoms. The minimum Gasteiger partial charge on any atom is -0.350 e. The molecular weight excluding hydrogens is 278 g/mol. The fourth-order valence-electron chi connectivity index (χ4n) is 2.03. The molecule has 0 saturated heterocycles. The van der Waals surface area contributed by atoms with E-state index in [0.29, 0.717) is 6.42 Å². The van der Waals surface area contributed by atoms with Crippen LogP contribution in [0.2, 0.25) is 0 Å². The number of carbonyl (C=O) groups excluding carboxylic acids is 1. The summed E-state index contributed by atoms with van der Waals surface area (Å²) in [5.41, 5.74) is 2.39. The van der Waals surface area contributed by atoms with Crippen LogP contribution in [0.3, 0.4) is 0 Å². The van der Waals surface area contributed by atoms with Crippen LogP contribution in [0.5, 0.6) is 0 Å². The molecule has 110 valence electrons. The number of rotatable bonds is 6. The highest BCUT2D eigenvalue weighted by molar-refractivity contribution is 7.99. The van der Waals surface area contributed by atoms with Gasteiger partial charge in [-0.15, -0.1) is 11.8 Å². The van der Waals surface area contributed by atoms with Gasteiger partial charge in [-0.25, -0.2) is 0 Å². The van der Waals surface area contributed by atoms with Gasteiger partial charge in [0.05, 0.1) is 6.04 Å². The van der Waals surface area contributed by atoms with Crippen LogP contribution < -0.4 is 5.32 Å². The SMILES string of the molecule is Cc1ccc(SCCC(=O)N[C@@H](C)c2ccccc2)cc1. The molecule has 0 saturated carbocycles. The normalized spacial score (nSPS) is 11.9. The van der Waals surface area contributed by atoms with Gasteiger partial charge in [0.15, 0.2) is 0 Å². The van der Waals surface area contributed by atoms with Gasteiger partial charge in [-0.1, -0.05) is 48.0 Å². The fraction of sp³-hybridized carbons (Fsp3) is 0.278. The summed E-state index contributed by atoms with van der Waals surface area (Å²) in [6, 6.07) is 18.5. The molecule has 0 aromatic heterocycles. The van der Waals surface area contributed by atoms with Gasteiger partial charge >= 0.3 is 0 Å². The average Bonchev–Trinajstić information content (AvgIpc) is 2.50. The molecular formula is C18H21NOS. The molecule has 2 aromatic rings. The van der Waals surface area contributed by atoms with E-state index in [2.05, 4.69) is 36.5 Å². The Morgan fingerprint density at radius 2 is 1.76 bits per heavy atom.